The van der Waals surface area contributed by atoms with Crippen molar-refractivity contribution in [2.45, 2.75) is 33.2 Å². The summed E-state index contributed by atoms with van der Waals surface area (Å²) in [4.78, 5) is 12.9. The molecular formula is C27H22Cl2F3N3O2. The van der Waals surface area contributed by atoms with Crippen LogP contribution in [0.25, 0.3) is 0 Å². The van der Waals surface area contributed by atoms with Gasteiger partial charge in [-0.05, 0) is 67.4 Å². The molecule has 0 spiro atoms. The molecule has 0 aliphatic rings. The summed E-state index contributed by atoms with van der Waals surface area (Å²) in [6, 6.07) is 17.0. The normalized spacial score (nSPS) is 11.4. The van der Waals surface area contributed by atoms with E-state index in [9.17, 15) is 18.0 Å². The van der Waals surface area contributed by atoms with Gasteiger partial charge in [0.2, 0.25) is 0 Å². The van der Waals surface area contributed by atoms with E-state index in [-0.39, 0.29) is 19.1 Å². The Balaban J connectivity index is 1.42. The minimum Gasteiger partial charge on any atom is -0.487 e. The Morgan fingerprint density at radius 1 is 1.00 bits per heavy atom. The zero-order valence-corrected chi connectivity index (χ0v) is 21.4. The Hall–Kier alpha value is -3.49. The van der Waals surface area contributed by atoms with Crippen LogP contribution in [-0.2, 0) is 19.3 Å². The minimum atomic E-state index is -4.42. The third kappa shape index (κ3) is 6.45. The summed E-state index contributed by atoms with van der Waals surface area (Å²) in [5, 5.41) is 8.19. The van der Waals surface area contributed by atoms with Crippen molar-refractivity contribution in [1.29, 1.82) is 0 Å². The Morgan fingerprint density at radius 2 is 1.73 bits per heavy atom. The average Bonchev–Trinajstić information content (AvgIpc) is 3.10. The molecule has 4 aromatic rings. The lowest BCUT2D eigenvalue weighted by Crippen LogP contribution is -2.13. The number of rotatable bonds is 7. The van der Waals surface area contributed by atoms with Gasteiger partial charge in [-0.2, -0.15) is 18.3 Å². The Kier molecular flexibility index (Phi) is 7.80. The zero-order chi connectivity index (χ0) is 26.7. The largest absolute Gasteiger partial charge is 0.487 e. The molecular weight excluding hydrogens is 526 g/mol. The van der Waals surface area contributed by atoms with Crippen LogP contribution >= 0.6 is 23.2 Å². The molecule has 0 radical (unpaired) electrons. The van der Waals surface area contributed by atoms with Crippen molar-refractivity contribution in [2.75, 3.05) is 5.32 Å². The number of carbonyl (C=O) groups excluding carboxylic acids is 1. The monoisotopic (exact) mass is 547 g/mol. The van der Waals surface area contributed by atoms with Crippen molar-refractivity contribution < 1.29 is 22.7 Å². The quantitative estimate of drug-likeness (QED) is 0.258. The van der Waals surface area contributed by atoms with Gasteiger partial charge in [0.1, 0.15) is 12.4 Å². The molecule has 0 saturated heterocycles. The molecule has 10 heteroatoms. The second-order valence-electron chi connectivity index (χ2n) is 8.42. The van der Waals surface area contributed by atoms with Crippen LogP contribution in [0.2, 0.25) is 10.0 Å². The number of carbonyl (C=O) groups is 1. The summed E-state index contributed by atoms with van der Waals surface area (Å²) in [6.45, 7) is 3.88. The number of nitrogens with one attached hydrogen (secondary N) is 1. The summed E-state index contributed by atoms with van der Waals surface area (Å²) in [5.74, 6) is 0.166. The van der Waals surface area contributed by atoms with Crippen molar-refractivity contribution in [3.05, 3.63) is 110 Å². The van der Waals surface area contributed by atoms with Crippen LogP contribution in [0.1, 0.15) is 38.4 Å². The van der Waals surface area contributed by atoms with E-state index in [4.69, 9.17) is 27.9 Å². The fourth-order valence-corrected chi connectivity index (χ4v) is 4.21. The summed E-state index contributed by atoms with van der Waals surface area (Å²) in [7, 11) is 0. The van der Waals surface area contributed by atoms with Crippen LogP contribution in [0.15, 0.2) is 66.7 Å². The van der Waals surface area contributed by atoms with Gasteiger partial charge < -0.3 is 10.1 Å². The third-order valence-corrected chi connectivity index (χ3v) is 6.24. The van der Waals surface area contributed by atoms with Gasteiger partial charge in [-0.3, -0.25) is 9.48 Å². The highest BCUT2D eigenvalue weighted by Gasteiger charge is 2.30. The fourth-order valence-electron chi connectivity index (χ4n) is 3.74. The smallest absolute Gasteiger partial charge is 0.416 e. The molecule has 37 heavy (non-hydrogen) atoms. The highest BCUT2D eigenvalue weighted by atomic mass is 35.5. The lowest BCUT2D eigenvalue weighted by atomic mass is 10.1. The average molecular weight is 548 g/mol. The SMILES string of the molecule is Cc1nn(Cc2cccc(C(F)(F)F)c2)c(C)c1NC(=O)c1ccc(COc2ccc(Cl)cc2Cl)cc1. The number of aryl methyl sites for hydroxylation is 1. The first-order chi connectivity index (χ1) is 17.5. The van der Waals surface area contributed by atoms with Crippen molar-refractivity contribution in [3.63, 3.8) is 0 Å². The van der Waals surface area contributed by atoms with Gasteiger partial charge in [0.05, 0.1) is 34.2 Å². The molecule has 1 amide bonds. The van der Waals surface area contributed by atoms with Gasteiger partial charge in [0.25, 0.3) is 5.91 Å². The number of hydrogen-bond donors (Lipinski definition) is 1. The maximum atomic E-state index is 13.0. The van der Waals surface area contributed by atoms with Crippen molar-refractivity contribution in [3.8, 4) is 5.75 Å². The van der Waals surface area contributed by atoms with E-state index < -0.39 is 11.7 Å². The Morgan fingerprint density at radius 3 is 2.41 bits per heavy atom. The van der Waals surface area contributed by atoms with E-state index in [2.05, 4.69) is 10.4 Å². The molecule has 0 saturated carbocycles. The summed E-state index contributed by atoms with van der Waals surface area (Å²) in [5.41, 5.74) is 2.71. The molecule has 1 aromatic heterocycles. The van der Waals surface area contributed by atoms with Gasteiger partial charge in [0.15, 0.2) is 0 Å². The molecule has 5 nitrogen and oxygen atoms in total. The molecule has 0 aliphatic carbocycles. The highest BCUT2D eigenvalue weighted by Crippen LogP contribution is 2.30. The van der Waals surface area contributed by atoms with E-state index in [0.717, 1.165) is 17.7 Å². The molecule has 0 fully saturated rings. The van der Waals surface area contributed by atoms with Crippen LogP contribution in [0.4, 0.5) is 18.9 Å². The second-order valence-corrected chi connectivity index (χ2v) is 9.26. The summed E-state index contributed by atoms with van der Waals surface area (Å²) in [6.07, 6.45) is -4.42. The van der Waals surface area contributed by atoms with E-state index >= 15 is 0 Å². The topological polar surface area (TPSA) is 56.2 Å². The van der Waals surface area contributed by atoms with E-state index in [1.54, 1.807) is 67.1 Å². The number of ether oxygens (including phenoxy) is 1. The van der Waals surface area contributed by atoms with Gasteiger partial charge >= 0.3 is 6.18 Å². The van der Waals surface area contributed by atoms with Crippen LogP contribution < -0.4 is 10.1 Å². The Bertz CT molecular complexity index is 1430. The number of hydrogen-bond acceptors (Lipinski definition) is 3. The number of aromatic nitrogens is 2. The van der Waals surface area contributed by atoms with Crippen LogP contribution in [0.5, 0.6) is 5.75 Å². The zero-order valence-electron chi connectivity index (χ0n) is 19.9. The molecule has 0 aliphatic heterocycles. The van der Waals surface area contributed by atoms with Crippen LogP contribution in [0, 0.1) is 13.8 Å². The Labute approximate surface area is 221 Å². The standard InChI is InChI=1S/C27H22Cl2F3N3O2/c1-16-25(17(2)35(34-16)14-19-4-3-5-21(12-19)27(30,31)32)33-26(36)20-8-6-18(7-9-20)15-37-24-11-10-22(28)13-23(24)29/h3-13H,14-15H2,1-2H3,(H,33,36). The molecule has 0 unspecified atom stereocenters. The number of amides is 1. The number of alkyl halides is 3. The number of nitrogens with zero attached hydrogens (tertiary/aromatic N) is 2. The number of benzene rings is 3. The maximum Gasteiger partial charge on any atom is 0.416 e. The van der Waals surface area contributed by atoms with Gasteiger partial charge in [-0.15, -0.1) is 0 Å². The first kappa shape index (κ1) is 26.6. The molecule has 0 atom stereocenters. The van der Waals surface area contributed by atoms with E-state index in [1.807, 2.05) is 0 Å². The van der Waals surface area contributed by atoms with Crippen molar-refractivity contribution in [1.82, 2.24) is 9.78 Å². The first-order valence-corrected chi connectivity index (χ1v) is 11.9. The molecule has 4 rings (SSSR count). The van der Waals surface area contributed by atoms with Crippen molar-refractivity contribution >= 4 is 34.8 Å². The lowest BCUT2D eigenvalue weighted by Gasteiger charge is -2.11. The van der Waals surface area contributed by atoms with Gasteiger partial charge in [0, 0.05) is 10.6 Å². The van der Waals surface area contributed by atoms with Crippen molar-refractivity contribution in [2.24, 2.45) is 0 Å². The number of halogens is 5. The van der Waals surface area contributed by atoms with E-state index in [1.165, 1.54) is 6.07 Å². The second kappa shape index (κ2) is 10.9. The first-order valence-electron chi connectivity index (χ1n) is 11.2. The summed E-state index contributed by atoms with van der Waals surface area (Å²) < 4.78 is 46.4. The van der Waals surface area contributed by atoms with Gasteiger partial charge in [-0.25, -0.2) is 0 Å². The number of anilines is 1. The predicted octanol–water partition coefficient (Wildman–Crippen LogP) is 7.71. The van der Waals surface area contributed by atoms with Crippen LogP contribution in [0.3, 0.4) is 0 Å². The van der Waals surface area contributed by atoms with E-state index in [0.29, 0.717) is 44.0 Å². The minimum absolute atomic E-state index is 0.138. The lowest BCUT2D eigenvalue weighted by molar-refractivity contribution is -0.137. The molecule has 1 N–H and O–H groups in total. The van der Waals surface area contributed by atoms with Gasteiger partial charge in [-0.1, -0.05) is 47.5 Å². The maximum absolute atomic E-state index is 13.0. The molecule has 1 heterocycles. The predicted molar refractivity (Wildman–Crippen MR) is 137 cm³/mol. The van der Waals surface area contributed by atoms with Crippen LogP contribution in [-0.4, -0.2) is 15.7 Å². The highest BCUT2D eigenvalue weighted by molar-refractivity contribution is 6.35. The summed E-state index contributed by atoms with van der Waals surface area (Å²) >= 11 is 12.0. The molecule has 3 aromatic carbocycles. The third-order valence-electron chi connectivity index (χ3n) is 5.71. The molecule has 192 valence electrons. The molecule has 0 bridgehead atoms. The fraction of sp³-hybridized carbons (Fsp3) is 0.185.